The second-order valence-electron chi connectivity index (χ2n) is 4.61. The Labute approximate surface area is 135 Å². The number of amides is 1. The summed E-state index contributed by atoms with van der Waals surface area (Å²) in [7, 11) is 0. The van der Waals surface area contributed by atoms with E-state index in [-0.39, 0.29) is 11.9 Å². The highest BCUT2D eigenvalue weighted by Gasteiger charge is 2.12. The second kappa shape index (κ2) is 7.04. The maximum absolute atomic E-state index is 12.1. The van der Waals surface area contributed by atoms with Gasteiger partial charge in [0.25, 0.3) is 0 Å². The third-order valence-corrected chi connectivity index (χ3v) is 4.28. The summed E-state index contributed by atoms with van der Waals surface area (Å²) in [6, 6.07) is 15.7. The van der Waals surface area contributed by atoms with Gasteiger partial charge >= 0.3 is 0 Å². The number of hydrogen-bond acceptors (Lipinski definition) is 1. The zero-order valence-electron chi connectivity index (χ0n) is 11.1. The molecule has 0 unspecified atom stereocenters. The predicted molar refractivity (Wildman–Crippen MR) is 88.5 cm³/mol. The molecule has 0 aliphatic carbocycles. The van der Waals surface area contributed by atoms with E-state index in [0.717, 1.165) is 20.1 Å². The predicted octanol–water partition coefficient (Wildman–Crippen LogP) is 4.63. The SMILES string of the molecule is C[C@H](NC(=O)Cc1ccc(Br)cc1)c1ccccc1Br. The van der Waals surface area contributed by atoms with Crippen molar-refractivity contribution in [3.05, 3.63) is 68.6 Å². The molecular formula is C16H15Br2NO. The first-order valence-electron chi connectivity index (χ1n) is 6.34. The Balaban J connectivity index is 1.98. The van der Waals surface area contributed by atoms with Crippen molar-refractivity contribution in [1.29, 1.82) is 0 Å². The van der Waals surface area contributed by atoms with E-state index in [0.29, 0.717) is 6.42 Å². The van der Waals surface area contributed by atoms with Crippen LogP contribution in [0.2, 0.25) is 0 Å². The van der Waals surface area contributed by atoms with Gasteiger partial charge < -0.3 is 5.32 Å². The van der Waals surface area contributed by atoms with Gasteiger partial charge in [-0.3, -0.25) is 4.79 Å². The Morgan fingerprint density at radius 1 is 1.10 bits per heavy atom. The minimum atomic E-state index is -0.0199. The van der Waals surface area contributed by atoms with E-state index in [2.05, 4.69) is 37.2 Å². The van der Waals surface area contributed by atoms with Gasteiger partial charge in [-0.15, -0.1) is 0 Å². The fourth-order valence-electron chi connectivity index (χ4n) is 1.98. The number of benzene rings is 2. The summed E-state index contributed by atoms with van der Waals surface area (Å²) >= 11 is 6.89. The lowest BCUT2D eigenvalue weighted by Gasteiger charge is -2.16. The summed E-state index contributed by atoms with van der Waals surface area (Å²) < 4.78 is 2.03. The van der Waals surface area contributed by atoms with E-state index in [1.54, 1.807) is 0 Å². The monoisotopic (exact) mass is 395 g/mol. The average Bonchev–Trinajstić information content (AvgIpc) is 2.41. The molecule has 2 aromatic rings. The van der Waals surface area contributed by atoms with Gasteiger partial charge in [0.1, 0.15) is 0 Å². The smallest absolute Gasteiger partial charge is 0.224 e. The normalized spacial score (nSPS) is 11.9. The number of rotatable bonds is 4. The Hall–Kier alpha value is -1.13. The van der Waals surface area contributed by atoms with E-state index in [9.17, 15) is 4.79 Å². The average molecular weight is 397 g/mol. The van der Waals surface area contributed by atoms with Gasteiger partial charge in [0.15, 0.2) is 0 Å². The largest absolute Gasteiger partial charge is 0.349 e. The molecular weight excluding hydrogens is 382 g/mol. The van der Waals surface area contributed by atoms with Crippen molar-refractivity contribution in [2.75, 3.05) is 0 Å². The third kappa shape index (κ3) is 4.18. The summed E-state index contributed by atoms with van der Waals surface area (Å²) in [5.74, 6) is 0.0237. The summed E-state index contributed by atoms with van der Waals surface area (Å²) in [4.78, 5) is 12.1. The van der Waals surface area contributed by atoms with E-state index < -0.39 is 0 Å². The molecule has 2 aromatic carbocycles. The summed E-state index contributed by atoms with van der Waals surface area (Å²) in [6.45, 7) is 1.99. The van der Waals surface area contributed by atoms with Gasteiger partial charge in [-0.1, -0.05) is 62.2 Å². The number of hydrogen-bond donors (Lipinski definition) is 1. The maximum atomic E-state index is 12.1. The van der Waals surface area contributed by atoms with Crippen LogP contribution in [0.1, 0.15) is 24.1 Å². The van der Waals surface area contributed by atoms with Crippen LogP contribution in [0.15, 0.2) is 57.5 Å². The molecule has 0 radical (unpaired) electrons. The van der Waals surface area contributed by atoms with Crippen LogP contribution in [0, 0.1) is 0 Å². The first-order valence-corrected chi connectivity index (χ1v) is 7.93. The first kappa shape index (κ1) is 15.3. The summed E-state index contributed by atoms with van der Waals surface area (Å²) in [5, 5.41) is 3.02. The molecule has 1 amide bonds. The van der Waals surface area contributed by atoms with Crippen molar-refractivity contribution in [3.63, 3.8) is 0 Å². The van der Waals surface area contributed by atoms with E-state index in [1.165, 1.54) is 0 Å². The Kier molecular flexibility index (Phi) is 5.38. The van der Waals surface area contributed by atoms with Gasteiger partial charge in [0, 0.05) is 8.95 Å². The van der Waals surface area contributed by atoms with Crippen molar-refractivity contribution in [2.24, 2.45) is 0 Å². The minimum absolute atomic E-state index is 0.0199. The standard InChI is InChI=1S/C16H15Br2NO/c1-11(14-4-2-3-5-15(14)18)19-16(20)10-12-6-8-13(17)9-7-12/h2-9,11H,10H2,1H3,(H,19,20)/t11-/m0/s1. The fourth-order valence-corrected chi connectivity index (χ4v) is 2.88. The van der Waals surface area contributed by atoms with E-state index in [1.807, 2.05) is 55.5 Å². The summed E-state index contributed by atoms with van der Waals surface area (Å²) in [6.07, 6.45) is 0.391. The van der Waals surface area contributed by atoms with Crippen LogP contribution < -0.4 is 5.32 Å². The minimum Gasteiger partial charge on any atom is -0.349 e. The van der Waals surface area contributed by atoms with Crippen LogP contribution >= 0.6 is 31.9 Å². The van der Waals surface area contributed by atoms with Crippen molar-refractivity contribution in [1.82, 2.24) is 5.32 Å². The Morgan fingerprint density at radius 2 is 1.75 bits per heavy atom. The van der Waals surface area contributed by atoms with Crippen molar-refractivity contribution in [3.8, 4) is 0 Å². The second-order valence-corrected chi connectivity index (χ2v) is 6.38. The van der Waals surface area contributed by atoms with Crippen LogP contribution in [0.4, 0.5) is 0 Å². The highest BCUT2D eigenvalue weighted by atomic mass is 79.9. The van der Waals surface area contributed by atoms with Crippen LogP contribution in [0.3, 0.4) is 0 Å². The molecule has 104 valence electrons. The first-order chi connectivity index (χ1) is 9.56. The molecule has 0 saturated heterocycles. The zero-order chi connectivity index (χ0) is 14.5. The van der Waals surface area contributed by atoms with Gasteiger partial charge in [-0.25, -0.2) is 0 Å². The molecule has 0 heterocycles. The molecule has 4 heteroatoms. The molecule has 0 fully saturated rings. The Morgan fingerprint density at radius 3 is 2.40 bits per heavy atom. The lowest BCUT2D eigenvalue weighted by atomic mass is 10.1. The molecule has 20 heavy (non-hydrogen) atoms. The molecule has 0 spiro atoms. The number of carbonyl (C=O) groups excluding carboxylic acids is 1. The van der Waals surface area contributed by atoms with Crippen molar-refractivity contribution >= 4 is 37.8 Å². The van der Waals surface area contributed by atoms with E-state index in [4.69, 9.17) is 0 Å². The van der Waals surface area contributed by atoms with Crippen LogP contribution in [-0.4, -0.2) is 5.91 Å². The van der Waals surface area contributed by atoms with Gasteiger partial charge in [-0.05, 0) is 36.2 Å². The summed E-state index contributed by atoms with van der Waals surface area (Å²) in [5.41, 5.74) is 2.08. The molecule has 0 bridgehead atoms. The van der Waals surface area contributed by atoms with Gasteiger partial charge in [0.2, 0.25) is 5.91 Å². The number of halogens is 2. The maximum Gasteiger partial charge on any atom is 0.224 e. The van der Waals surface area contributed by atoms with Crippen LogP contribution in [0.5, 0.6) is 0 Å². The quantitative estimate of drug-likeness (QED) is 0.801. The molecule has 2 rings (SSSR count). The molecule has 1 atom stereocenters. The van der Waals surface area contributed by atoms with Crippen LogP contribution in [-0.2, 0) is 11.2 Å². The highest BCUT2D eigenvalue weighted by Crippen LogP contribution is 2.22. The number of nitrogens with one attached hydrogen (secondary N) is 1. The number of carbonyl (C=O) groups is 1. The molecule has 2 nitrogen and oxygen atoms in total. The van der Waals surface area contributed by atoms with Crippen LogP contribution in [0.25, 0.3) is 0 Å². The molecule has 0 saturated carbocycles. The fraction of sp³-hybridized carbons (Fsp3) is 0.188. The molecule has 0 aliphatic heterocycles. The van der Waals surface area contributed by atoms with Gasteiger partial charge in [0.05, 0.1) is 12.5 Å². The molecule has 0 aromatic heterocycles. The molecule has 1 N–H and O–H groups in total. The van der Waals surface area contributed by atoms with Crippen molar-refractivity contribution < 1.29 is 4.79 Å². The zero-order valence-corrected chi connectivity index (χ0v) is 14.2. The van der Waals surface area contributed by atoms with E-state index >= 15 is 0 Å². The van der Waals surface area contributed by atoms with Gasteiger partial charge in [-0.2, -0.15) is 0 Å². The highest BCUT2D eigenvalue weighted by molar-refractivity contribution is 9.10. The van der Waals surface area contributed by atoms with Crippen molar-refractivity contribution in [2.45, 2.75) is 19.4 Å². The lowest BCUT2D eigenvalue weighted by Crippen LogP contribution is -2.28. The third-order valence-electron chi connectivity index (χ3n) is 3.03. The topological polar surface area (TPSA) is 29.1 Å². The molecule has 0 aliphatic rings. The Bertz CT molecular complexity index is 596. The lowest BCUT2D eigenvalue weighted by molar-refractivity contribution is -0.121.